The van der Waals surface area contributed by atoms with E-state index in [0.29, 0.717) is 6.54 Å². The summed E-state index contributed by atoms with van der Waals surface area (Å²) in [5, 5.41) is 2.54. The Bertz CT molecular complexity index is 436. The highest BCUT2D eigenvalue weighted by molar-refractivity contribution is 9.10. The number of halogens is 5. The fourth-order valence-electron chi connectivity index (χ4n) is 2.03. The smallest absolute Gasteiger partial charge is 0.267 e. The van der Waals surface area contributed by atoms with Crippen LogP contribution in [0.3, 0.4) is 0 Å². The first-order valence-corrected chi connectivity index (χ1v) is 5.94. The summed E-state index contributed by atoms with van der Waals surface area (Å²) in [4.78, 5) is 0. The summed E-state index contributed by atoms with van der Waals surface area (Å²) in [6.07, 6.45) is 0.0883. The second-order valence-electron chi connectivity index (χ2n) is 4.04. The van der Waals surface area contributed by atoms with E-state index < -0.39 is 30.0 Å². The number of rotatable bonds is 1. The molecule has 1 N–H and O–H groups in total. The van der Waals surface area contributed by atoms with E-state index in [1.165, 1.54) is 12.1 Å². The predicted octanol–water partition coefficient (Wildman–Crippen LogP) is 3.44. The van der Waals surface area contributed by atoms with E-state index >= 15 is 0 Å². The van der Waals surface area contributed by atoms with Gasteiger partial charge in [0.25, 0.3) is 5.92 Å². The number of benzene rings is 1. The summed E-state index contributed by atoms with van der Waals surface area (Å²) < 4.78 is 54.1. The molecule has 0 amide bonds. The van der Waals surface area contributed by atoms with Crippen molar-refractivity contribution in [2.75, 3.05) is 13.1 Å². The molecule has 1 unspecified atom stereocenters. The minimum absolute atomic E-state index is 0.0593. The quantitative estimate of drug-likeness (QED) is 0.619. The van der Waals surface area contributed by atoms with Gasteiger partial charge in [0, 0.05) is 5.56 Å². The molecule has 0 saturated carbocycles. The van der Waals surface area contributed by atoms with Crippen molar-refractivity contribution in [3.05, 3.63) is 33.8 Å². The summed E-state index contributed by atoms with van der Waals surface area (Å²) in [5.74, 6) is -6.63. The summed E-state index contributed by atoms with van der Waals surface area (Å²) >= 11 is 2.82. The second kappa shape index (κ2) is 4.57. The average Bonchev–Trinajstić information content (AvgIpc) is 2.27. The fraction of sp³-hybridized carbons (Fsp3) is 0.455. The first kappa shape index (κ1) is 12.8. The van der Waals surface area contributed by atoms with Gasteiger partial charge in [-0.3, -0.25) is 0 Å². The van der Waals surface area contributed by atoms with Crippen molar-refractivity contribution in [2.24, 2.45) is 0 Å². The van der Waals surface area contributed by atoms with Crippen LogP contribution in [0.2, 0.25) is 0 Å². The van der Waals surface area contributed by atoms with E-state index in [-0.39, 0.29) is 16.5 Å². The SMILES string of the molecule is Fc1c(Br)ccc(C2CCNCC2(F)F)c1F. The molecule has 1 aliphatic rings. The Labute approximate surface area is 104 Å². The first-order chi connectivity index (χ1) is 7.93. The van der Waals surface area contributed by atoms with Crippen LogP contribution < -0.4 is 5.32 Å². The molecule has 6 heteroatoms. The highest BCUT2D eigenvalue weighted by Crippen LogP contribution is 2.40. The molecule has 0 aliphatic carbocycles. The van der Waals surface area contributed by atoms with Crippen molar-refractivity contribution in [1.82, 2.24) is 5.32 Å². The lowest BCUT2D eigenvalue weighted by Gasteiger charge is -2.32. The van der Waals surface area contributed by atoms with Crippen LogP contribution in [0.25, 0.3) is 0 Å². The van der Waals surface area contributed by atoms with Crippen LogP contribution in [0.5, 0.6) is 0 Å². The van der Waals surface area contributed by atoms with Gasteiger partial charge in [0.05, 0.1) is 16.9 Å². The average molecular weight is 312 g/mol. The molecule has 17 heavy (non-hydrogen) atoms. The minimum Gasteiger partial charge on any atom is -0.311 e. The normalized spacial score (nSPS) is 23.7. The highest BCUT2D eigenvalue weighted by atomic mass is 79.9. The first-order valence-electron chi connectivity index (χ1n) is 5.15. The maximum atomic E-state index is 13.6. The molecule has 1 aromatic rings. The van der Waals surface area contributed by atoms with Crippen molar-refractivity contribution in [2.45, 2.75) is 18.3 Å². The Morgan fingerprint density at radius 1 is 1.24 bits per heavy atom. The zero-order valence-corrected chi connectivity index (χ0v) is 10.3. The Morgan fingerprint density at radius 2 is 1.94 bits per heavy atom. The number of nitrogens with one attached hydrogen (secondary N) is 1. The van der Waals surface area contributed by atoms with Crippen LogP contribution in [-0.4, -0.2) is 19.0 Å². The molecule has 0 radical (unpaired) electrons. The molecular weight excluding hydrogens is 302 g/mol. The molecule has 1 heterocycles. The Kier molecular flexibility index (Phi) is 3.45. The zero-order chi connectivity index (χ0) is 12.6. The molecule has 1 aliphatic heterocycles. The lowest BCUT2D eigenvalue weighted by molar-refractivity contribution is -0.0431. The van der Waals surface area contributed by atoms with Gasteiger partial charge in [-0.05, 0) is 35.0 Å². The summed E-state index contributed by atoms with van der Waals surface area (Å²) in [6, 6.07) is 2.47. The van der Waals surface area contributed by atoms with Gasteiger partial charge in [0.2, 0.25) is 0 Å². The molecule has 2 rings (SSSR count). The summed E-state index contributed by atoms with van der Waals surface area (Å²) in [6.45, 7) is -0.133. The van der Waals surface area contributed by atoms with Gasteiger partial charge in [0.1, 0.15) is 0 Å². The van der Waals surface area contributed by atoms with E-state index in [1.54, 1.807) is 0 Å². The second-order valence-corrected chi connectivity index (χ2v) is 4.90. The van der Waals surface area contributed by atoms with Crippen LogP contribution in [0.15, 0.2) is 16.6 Å². The van der Waals surface area contributed by atoms with Crippen LogP contribution >= 0.6 is 15.9 Å². The number of hydrogen-bond donors (Lipinski definition) is 1. The van der Waals surface area contributed by atoms with Gasteiger partial charge in [-0.1, -0.05) is 6.07 Å². The van der Waals surface area contributed by atoms with Crippen molar-refractivity contribution < 1.29 is 17.6 Å². The molecule has 1 atom stereocenters. The largest absolute Gasteiger partial charge is 0.311 e. The fourth-order valence-corrected chi connectivity index (χ4v) is 2.34. The molecule has 94 valence electrons. The monoisotopic (exact) mass is 311 g/mol. The zero-order valence-electron chi connectivity index (χ0n) is 8.74. The van der Waals surface area contributed by atoms with E-state index in [0.717, 1.165) is 0 Å². The minimum atomic E-state index is -3.06. The van der Waals surface area contributed by atoms with Gasteiger partial charge in [-0.15, -0.1) is 0 Å². The van der Waals surface area contributed by atoms with Gasteiger partial charge in [-0.2, -0.15) is 0 Å². The molecule has 1 nitrogen and oxygen atoms in total. The standard InChI is InChI=1S/C11H10BrF4N/c12-8-2-1-6(9(13)10(8)14)7-3-4-17-5-11(7,15)16/h1-2,7,17H,3-5H2. The van der Waals surface area contributed by atoms with E-state index in [1.807, 2.05) is 0 Å². The summed E-state index contributed by atoms with van der Waals surface area (Å²) in [7, 11) is 0. The predicted molar refractivity (Wildman–Crippen MR) is 59.2 cm³/mol. The highest BCUT2D eigenvalue weighted by Gasteiger charge is 2.43. The van der Waals surface area contributed by atoms with Crippen LogP contribution in [0, 0.1) is 11.6 Å². The van der Waals surface area contributed by atoms with Crippen molar-refractivity contribution in [1.29, 1.82) is 0 Å². The molecular formula is C11H10BrF4N. The maximum absolute atomic E-state index is 13.6. The van der Waals surface area contributed by atoms with Crippen LogP contribution in [0.1, 0.15) is 17.9 Å². The third-order valence-electron chi connectivity index (χ3n) is 2.92. The van der Waals surface area contributed by atoms with E-state index in [2.05, 4.69) is 21.2 Å². The number of hydrogen-bond acceptors (Lipinski definition) is 1. The van der Waals surface area contributed by atoms with Gasteiger partial charge in [-0.25, -0.2) is 17.6 Å². The molecule has 1 saturated heterocycles. The van der Waals surface area contributed by atoms with Gasteiger partial charge < -0.3 is 5.32 Å². The Morgan fingerprint density at radius 3 is 2.59 bits per heavy atom. The Hall–Kier alpha value is -0.620. The van der Waals surface area contributed by atoms with Crippen molar-refractivity contribution in [3.8, 4) is 0 Å². The van der Waals surface area contributed by atoms with E-state index in [9.17, 15) is 17.6 Å². The van der Waals surface area contributed by atoms with E-state index in [4.69, 9.17) is 0 Å². The van der Waals surface area contributed by atoms with Crippen LogP contribution in [0.4, 0.5) is 17.6 Å². The maximum Gasteiger partial charge on any atom is 0.267 e. The molecule has 0 spiro atoms. The Balaban J connectivity index is 2.43. The van der Waals surface area contributed by atoms with Crippen molar-refractivity contribution in [3.63, 3.8) is 0 Å². The summed E-state index contributed by atoms with van der Waals surface area (Å²) in [5.41, 5.74) is -0.253. The lowest BCUT2D eigenvalue weighted by Crippen LogP contribution is -2.45. The molecule has 1 aromatic carbocycles. The lowest BCUT2D eigenvalue weighted by atomic mass is 9.86. The number of piperidine rings is 1. The van der Waals surface area contributed by atoms with Gasteiger partial charge in [0.15, 0.2) is 11.6 Å². The molecule has 0 aromatic heterocycles. The molecule has 1 fully saturated rings. The molecule has 0 bridgehead atoms. The third-order valence-corrected chi connectivity index (χ3v) is 3.53. The van der Waals surface area contributed by atoms with Gasteiger partial charge >= 0.3 is 0 Å². The third kappa shape index (κ3) is 2.33. The topological polar surface area (TPSA) is 12.0 Å². The van der Waals surface area contributed by atoms with Crippen molar-refractivity contribution >= 4 is 15.9 Å². The van der Waals surface area contributed by atoms with Crippen LogP contribution in [-0.2, 0) is 0 Å². The number of alkyl halides is 2.